The minimum atomic E-state index is -3.04. The summed E-state index contributed by atoms with van der Waals surface area (Å²) >= 11 is 0. The predicted molar refractivity (Wildman–Crippen MR) is 91.1 cm³/mol. The molecule has 0 bridgehead atoms. The summed E-state index contributed by atoms with van der Waals surface area (Å²) in [6, 6.07) is 8.33. The van der Waals surface area contributed by atoms with Crippen molar-refractivity contribution in [2.24, 2.45) is 0 Å². The number of amides is 1. The zero-order valence-corrected chi connectivity index (χ0v) is 14.7. The van der Waals surface area contributed by atoms with Crippen LogP contribution in [0.2, 0.25) is 0 Å². The second-order valence-corrected chi connectivity index (χ2v) is 6.06. The van der Waals surface area contributed by atoms with Gasteiger partial charge in [-0.25, -0.2) is 27.2 Å². The monoisotopic (exact) mass is 396 g/mol. The summed E-state index contributed by atoms with van der Waals surface area (Å²) in [6.45, 7) is 1.72. The molecule has 1 aromatic carbocycles. The minimum absolute atomic E-state index is 0.0301. The Hall–Kier alpha value is -3.24. The van der Waals surface area contributed by atoms with Crippen LogP contribution in [-0.2, 0) is 17.9 Å². The van der Waals surface area contributed by atoms with E-state index in [1.807, 2.05) is 31.2 Å². The molecule has 0 aliphatic heterocycles. The van der Waals surface area contributed by atoms with Crippen molar-refractivity contribution < 1.29 is 22.4 Å². The average molecular weight is 396 g/mol. The molecule has 148 valence electrons. The molecule has 0 fully saturated rings. The molecule has 2 heterocycles. The Kier molecular flexibility index (Phi) is 5.71. The molecule has 0 unspecified atom stereocenters. The van der Waals surface area contributed by atoms with E-state index in [0.29, 0.717) is 17.3 Å². The highest BCUT2D eigenvalue weighted by molar-refractivity contribution is 5.88. The van der Waals surface area contributed by atoms with E-state index in [-0.39, 0.29) is 5.95 Å². The van der Waals surface area contributed by atoms with E-state index >= 15 is 0 Å². The highest BCUT2D eigenvalue weighted by Gasteiger charge is 2.22. The molecule has 0 saturated carbocycles. The van der Waals surface area contributed by atoms with Crippen LogP contribution in [0.1, 0.15) is 35.4 Å². The Morgan fingerprint density at radius 2 is 1.93 bits per heavy atom. The fourth-order valence-electron chi connectivity index (χ4n) is 2.59. The molecule has 1 amide bonds. The molecule has 0 saturated heterocycles. The van der Waals surface area contributed by atoms with Crippen LogP contribution in [0.5, 0.6) is 0 Å². The number of benzene rings is 1. The summed E-state index contributed by atoms with van der Waals surface area (Å²) in [6.07, 6.45) is -4.65. The van der Waals surface area contributed by atoms with Crippen molar-refractivity contribution in [2.75, 3.05) is 5.32 Å². The molecule has 0 aliphatic carbocycles. The molecule has 3 rings (SSSR count). The second-order valence-electron chi connectivity index (χ2n) is 6.06. The Bertz CT molecular complexity index is 968. The van der Waals surface area contributed by atoms with E-state index in [1.54, 1.807) is 0 Å². The summed E-state index contributed by atoms with van der Waals surface area (Å²) in [7, 11) is 0. The fraction of sp³-hybridized carbons (Fsp3) is 0.294. The van der Waals surface area contributed by atoms with Crippen LogP contribution in [0.3, 0.4) is 0 Å². The molecule has 1 N–H and O–H groups in total. The molecule has 0 radical (unpaired) electrons. The van der Waals surface area contributed by atoms with E-state index in [1.165, 1.54) is 11.0 Å². The number of carbonyl (C=O) groups is 1. The van der Waals surface area contributed by atoms with Gasteiger partial charge in [0.1, 0.15) is 24.3 Å². The van der Waals surface area contributed by atoms with Crippen LogP contribution < -0.4 is 5.32 Å². The number of aryl methyl sites for hydroxylation is 1. The van der Waals surface area contributed by atoms with Crippen molar-refractivity contribution in [2.45, 2.75) is 32.9 Å². The summed E-state index contributed by atoms with van der Waals surface area (Å²) in [5.41, 5.74) is 0.496. The summed E-state index contributed by atoms with van der Waals surface area (Å²) in [5.74, 6) is -0.795. The number of hydrogen-bond donors (Lipinski definition) is 1. The van der Waals surface area contributed by atoms with E-state index < -0.39 is 36.7 Å². The Labute approximate surface area is 157 Å². The first kappa shape index (κ1) is 19.5. The molecule has 0 spiro atoms. The van der Waals surface area contributed by atoms with Crippen molar-refractivity contribution in [1.29, 1.82) is 0 Å². The molecular formula is C17H16F4N6O. The van der Waals surface area contributed by atoms with Gasteiger partial charge in [-0.05, 0) is 18.6 Å². The van der Waals surface area contributed by atoms with Gasteiger partial charge in [0, 0.05) is 0 Å². The van der Waals surface area contributed by atoms with Gasteiger partial charge in [-0.1, -0.05) is 29.8 Å². The normalized spacial score (nSPS) is 11.4. The first-order valence-electron chi connectivity index (χ1n) is 8.20. The van der Waals surface area contributed by atoms with Crippen molar-refractivity contribution in [1.82, 2.24) is 24.5 Å². The lowest BCUT2D eigenvalue weighted by Crippen LogP contribution is -2.22. The largest absolute Gasteiger partial charge is 0.292 e. The molecule has 0 atom stereocenters. The first-order chi connectivity index (χ1) is 13.3. The number of carbonyl (C=O) groups excluding carboxylic acids is 1. The lowest BCUT2D eigenvalue weighted by atomic mass is 10.1. The van der Waals surface area contributed by atoms with Gasteiger partial charge < -0.3 is 0 Å². The maximum Gasteiger partial charge on any atom is 0.282 e. The van der Waals surface area contributed by atoms with E-state index in [4.69, 9.17) is 0 Å². The lowest BCUT2D eigenvalue weighted by Gasteiger charge is -2.06. The lowest BCUT2D eigenvalue weighted by molar-refractivity contribution is -0.117. The minimum Gasteiger partial charge on any atom is -0.292 e. The maximum absolute atomic E-state index is 13.0. The van der Waals surface area contributed by atoms with Gasteiger partial charge in [-0.3, -0.25) is 14.8 Å². The van der Waals surface area contributed by atoms with Gasteiger partial charge in [0.05, 0.1) is 6.54 Å². The maximum atomic E-state index is 13.0. The smallest absolute Gasteiger partial charge is 0.282 e. The molecule has 2 aromatic heterocycles. The number of halogens is 4. The van der Waals surface area contributed by atoms with Crippen molar-refractivity contribution >= 4 is 11.9 Å². The number of nitrogens with zero attached hydrogens (tertiary/aromatic N) is 5. The first-order valence-corrected chi connectivity index (χ1v) is 8.20. The molecular weight excluding hydrogens is 380 g/mol. The quantitative estimate of drug-likeness (QED) is 0.622. The summed E-state index contributed by atoms with van der Waals surface area (Å²) in [5, 5.41) is 9.78. The van der Waals surface area contributed by atoms with Crippen LogP contribution in [0.4, 0.5) is 23.5 Å². The third kappa shape index (κ3) is 4.72. The van der Waals surface area contributed by atoms with Crippen LogP contribution in [0, 0.1) is 6.92 Å². The number of hydrogen-bond acceptors (Lipinski definition) is 4. The highest BCUT2D eigenvalue weighted by atomic mass is 19.3. The van der Waals surface area contributed by atoms with Gasteiger partial charge in [-0.2, -0.15) is 5.10 Å². The molecule has 28 heavy (non-hydrogen) atoms. The van der Waals surface area contributed by atoms with Gasteiger partial charge in [0.2, 0.25) is 11.9 Å². The number of anilines is 1. The van der Waals surface area contributed by atoms with Gasteiger partial charge >= 0.3 is 0 Å². The zero-order chi connectivity index (χ0) is 20.3. The topological polar surface area (TPSA) is 77.6 Å². The average Bonchev–Trinajstić information content (AvgIpc) is 3.22. The Balaban J connectivity index is 1.65. The van der Waals surface area contributed by atoms with Crippen molar-refractivity contribution in [3.8, 4) is 0 Å². The summed E-state index contributed by atoms with van der Waals surface area (Å²) in [4.78, 5) is 16.0. The third-order valence-electron chi connectivity index (χ3n) is 3.79. The predicted octanol–water partition coefficient (Wildman–Crippen LogP) is 3.35. The van der Waals surface area contributed by atoms with Crippen LogP contribution in [0.25, 0.3) is 0 Å². The highest BCUT2D eigenvalue weighted by Crippen LogP contribution is 2.25. The van der Waals surface area contributed by atoms with Crippen LogP contribution in [0.15, 0.2) is 36.7 Å². The second kappa shape index (κ2) is 8.19. The van der Waals surface area contributed by atoms with Gasteiger partial charge in [-0.15, -0.1) is 5.10 Å². The van der Waals surface area contributed by atoms with E-state index in [2.05, 4.69) is 20.5 Å². The molecule has 3 aromatic rings. The summed E-state index contributed by atoms with van der Waals surface area (Å²) < 4.78 is 53.3. The van der Waals surface area contributed by atoms with Gasteiger partial charge in [0.15, 0.2) is 0 Å². The van der Waals surface area contributed by atoms with E-state index in [0.717, 1.165) is 11.1 Å². The fourth-order valence-corrected chi connectivity index (χ4v) is 2.59. The Morgan fingerprint density at radius 3 is 2.61 bits per heavy atom. The Morgan fingerprint density at radius 1 is 1.14 bits per heavy atom. The van der Waals surface area contributed by atoms with Gasteiger partial charge in [0.25, 0.3) is 12.9 Å². The number of alkyl halides is 4. The standard InChI is InChI=1S/C17H16F4N6O/c1-10-3-2-4-11(5-10)7-26-9-22-17(25-26)23-14(28)8-27-13(16(20)21)6-12(24-27)15(18)19/h2-6,9,15-16H,7-8H2,1H3,(H,23,25,28). The van der Waals surface area contributed by atoms with Crippen molar-refractivity contribution in [3.05, 3.63) is 59.2 Å². The van der Waals surface area contributed by atoms with Crippen LogP contribution >= 0.6 is 0 Å². The third-order valence-corrected chi connectivity index (χ3v) is 3.79. The van der Waals surface area contributed by atoms with Crippen molar-refractivity contribution in [3.63, 3.8) is 0 Å². The van der Waals surface area contributed by atoms with Crippen LogP contribution in [-0.4, -0.2) is 30.5 Å². The molecule has 7 nitrogen and oxygen atoms in total. The number of rotatable bonds is 7. The SMILES string of the molecule is Cc1cccc(Cn2cnc(NC(=O)Cn3nc(C(F)F)cc3C(F)F)n2)c1. The molecule has 0 aliphatic rings. The molecule has 11 heteroatoms. The number of aromatic nitrogens is 5. The zero-order valence-electron chi connectivity index (χ0n) is 14.7. The number of nitrogens with one attached hydrogen (secondary N) is 1. The van der Waals surface area contributed by atoms with E-state index in [9.17, 15) is 22.4 Å².